The summed E-state index contributed by atoms with van der Waals surface area (Å²) in [6, 6.07) is 14.8. The Morgan fingerprint density at radius 1 is 0.895 bits per heavy atom. The topological polar surface area (TPSA) is 49.7 Å². The second-order valence-corrected chi connectivity index (χ2v) is 4.77. The van der Waals surface area contributed by atoms with E-state index in [-0.39, 0.29) is 0 Å². The minimum absolute atomic E-state index is 0.691. The molecule has 0 aromatic heterocycles. The van der Waals surface area contributed by atoms with Crippen molar-refractivity contribution in [3.63, 3.8) is 0 Å². The van der Waals surface area contributed by atoms with E-state index in [9.17, 15) is 10.2 Å². The van der Waals surface area contributed by atoms with E-state index in [0.29, 0.717) is 12.2 Å². The fraction of sp³-hybridized carbons (Fsp3) is 0.250. The van der Waals surface area contributed by atoms with Crippen LogP contribution in [0, 0.1) is 0 Å². The highest BCUT2D eigenvalue weighted by Gasteiger charge is 2.22. The van der Waals surface area contributed by atoms with Gasteiger partial charge < -0.3 is 14.9 Å². The van der Waals surface area contributed by atoms with Crippen LogP contribution < -0.4 is 4.74 Å². The van der Waals surface area contributed by atoms with Gasteiger partial charge in [0.25, 0.3) is 0 Å². The molecule has 0 saturated carbocycles. The Morgan fingerprint density at radius 2 is 1.63 bits per heavy atom. The minimum Gasteiger partial charge on any atom is -0.493 e. The zero-order valence-electron chi connectivity index (χ0n) is 10.5. The molecule has 3 nitrogen and oxygen atoms in total. The van der Waals surface area contributed by atoms with Crippen LogP contribution in [-0.4, -0.2) is 16.8 Å². The molecule has 3 rings (SSSR count). The van der Waals surface area contributed by atoms with Gasteiger partial charge in [-0.3, -0.25) is 0 Å². The first-order valence-electron chi connectivity index (χ1n) is 6.42. The number of rotatable bonds is 3. The van der Waals surface area contributed by atoms with Crippen molar-refractivity contribution < 1.29 is 14.9 Å². The lowest BCUT2D eigenvalue weighted by Crippen LogP contribution is -2.10. The number of hydrogen-bond acceptors (Lipinski definition) is 3. The number of benzene rings is 2. The summed E-state index contributed by atoms with van der Waals surface area (Å²) < 4.78 is 5.43. The number of fused-ring (bicyclic) bond motifs is 1. The Hall–Kier alpha value is -1.84. The Labute approximate surface area is 112 Å². The van der Waals surface area contributed by atoms with E-state index in [1.165, 1.54) is 0 Å². The molecule has 98 valence electrons. The molecule has 1 aliphatic heterocycles. The van der Waals surface area contributed by atoms with Gasteiger partial charge in [0.15, 0.2) is 0 Å². The van der Waals surface area contributed by atoms with Crippen LogP contribution in [0.5, 0.6) is 5.75 Å². The Balaban J connectivity index is 1.86. The molecule has 19 heavy (non-hydrogen) atoms. The van der Waals surface area contributed by atoms with Gasteiger partial charge >= 0.3 is 0 Å². The number of aliphatic hydroxyl groups excluding tert-OH is 2. The zero-order valence-corrected chi connectivity index (χ0v) is 10.5. The molecule has 1 heterocycles. The summed E-state index contributed by atoms with van der Waals surface area (Å²) >= 11 is 0. The van der Waals surface area contributed by atoms with Crippen LogP contribution in [0.25, 0.3) is 0 Å². The standard InChI is InChI=1S/C16H16O3/c17-15(11-4-2-1-3-5-11)16(18)13-6-7-14-12(10-13)8-9-19-14/h1-7,10,15-18H,8-9H2. The van der Waals surface area contributed by atoms with Gasteiger partial charge in [-0.05, 0) is 28.8 Å². The van der Waals surface area contributed by atoms with E-state index in [0.717, 1.165) is 23.3 Å². The smallest absolute Gasteiger partial charge is 0.122 e. The average molecular weight is 256 g/mol. The molecule has 0 radical (unpaired) electrons. The molecule has 2 atom stereocenters. The van der Waals surface area contributed by atoms with Gasteiger partial charge in [0.2, 0.25) is 0 Å². The van der Waals surface area contributed by atoms with Gasteiger partial charge in [-0.15, -0.1) is 0 Å². The second-order valence-electron chi connectivity index (χ2n) is 4.77. The first-order chi connectivity index (χ1) is 9.25. The largest absolute Gasteiger partial charge is 0.493 e. The molecule has 0 bridgehead atoms. The molecule has 0 saturated heterocycles. The van der Waals surface area contributed by atoms with Crippen LogP contribution in [-0.2, 0) is 6.42 Å². The highest BCUT2D eigenvalue weighted by molar-refractivity contribution is 5.41. The molecular weight excluding hydrogens is 240 g/mol. The van der Waals surface area contributed by atoms with Crippen molar-refractivity contribution in [1.29, 1.82) is 0 Å². The Bertz CT molecular complexity index is 565. The molecule has 2 unspecified atom stereocenters. The Morgan fingerprint density at radius 3 is 2.42 bits per heavy atom. The first-order valence-corrected chi connectivity index (χ1v) is 6.42. The molecule has 1 aliphatic rings. The quantitative estimate of drug-likeness (QED) is 0.886. The van der Waals surface area contributed by atoms with Crippen molar-refractivity contribution in [3.8, 4) is 5.75 Å². The molecular formula is C16H16O3. The monoisotopic (exact) mass is 256 g/mol. The molecule has 2 aromatic rings. The summed E-state index contributed by atoms with van der Waals surface area (Å²) in [6.07, 6.45) is -0.980. The van der Waals surface area contributed by atoms with Gasteiger partial charge in [-0.2, -0.15) is 0 Å². The van der Waals surface area contributed by atoms with Crippen molar-refractivity contribution in [2.75, 3.05) is 6.61 Å². The highest BCUT2D eigenvalue weighted by Crippen LogP contribution is 2.33. The fourth-order valence-corrected chi connectivity index (χ4v) is 2.41. The summed E-state index contributed by atoms with van der Waals surface area (Å²) in [5, 5.41) is 20.5. The molecule has 0 fully saturated rings. The lowest BCUT2D eigenvalue weighted by atomic mass is 9.96. The van der Waals surface area contributed by atoms with Gasteiger partial charge in [0, 0.05) is 6.42 Å². The van der Waals surface area contributed by atoms with Crippen LogP contribution >= 0.6 is 0 Å². The van der Waals surface area contributed by atoms with Crippen LogP contribution in [0.4, 0.5) is 0 Å². The van der Waals surface area contributed by atoms with Gasteiger partial charge in [-0.25, -0.2) is 0 Å². The minimum atomic E-state index is -0.923. The third-order valence-corrected chi connectivity index (χ3v) is 3.50. The van der Waals surface area contributed by atoms with E-state index in [1.807, 2.05) is 42.5 Å². The number of aliphatic hydroxyl groups is 2. The summed E-state index contributed by atoms with van der Waals surface area (Å²) in [7, 11) is 0. The van der Waals surface area contributed by atoms with Crippen LogP contribution in [0.1, 0.15) is 28.9 Å². The van der Waals surface area contributed by atoms with Crippen LogP contribution in [0.3, 0.4) is 0 Å². The fourth-order valence-electron chi connectivity index (χ4n) is 2.41. The predicted molar refractivity (Wildman–Crippen MR) is 72.0 cm³/mol. The summed E-state index contributed by atoms with van der Waals surface area (Å²) in [4.78, 5) is 0. The summed E-state index contributed by atoms with van der Waals surface area (Å²) in [5.74, 6) is 0.880. The maximum Gasteiger partial charge on any atom is 0.122 e. The Kier molecular flexibility index (Phi) is 3.23. The second kappa shape index (κ2) is 5.03. The van der Waals surface area contributed by atoms with E-state index in [2.05, 4.69) is 0 Å². The van der Waals surface area contributed by atoms with Gasteiger partial charge in [0.05, 0.1) is 6.61 Å². The molecule has 3 heteroatoms. The van der Waals surface area contributed by atoms with Crippen LogP contribution in [0.15, 0.2) is 48.5 Å². The lowest BCUT2D eigenvalue weighted by molar-refractivity contribution is 0.0172. The van der Waals surface area contributed by atoms with E-state index >= 15 is 0 Å². The van der Waals surface area contributed by atoms with Crippen molar-refractivity contribution in [2.45, 2.75) is 18.6 Å². The van der Waals surface area contributed by atoms with Crippen molar-refractivity contribution in [1.82, 2.24) is 0 Å². The average Bonchev–Trinajstić information content (AvgIpc) is 2.94. The lowest BCUT2D eigenvalue weighted by Gasteiger charge is -2.19. The molecule has 0 spiro atoms. The van der Waals surface area contributed by atoms with E-state index in [1.54, 1.807) is 6.07 Å². The van der Waals surface area contributed by atoms with Crippen LogP contribution in [0.2, 0.25) is 0 Å². The molecule has 0 aliphatic carbocycles. The number of ether oxygens (including phenoxy) is 1. The molecule has 2 aromatic carbocycles. The summed E-state index contributed by atoms with van der Waals surface area (Å²) in [6.45, 7) is 0.691. The predicted octanol–water partition coefficient (Wildman–Crippen LogP) is 2.39. The van der Waals surface area contributed by atoms with Gasteiger partial charge in [0.1, 0.15) is 18.0 Å². The SMILES string of the molecule is OC(c1ccccc1)C(O)c1ccc2c(c1)CCO2. The molecule has 2 N–H and O–H groups in total. The normalized spacial score (nSPS) is 16.5. The first kappa shape index (κ1) is 12.2. The maximum atomic E-state index is 10.3. The van der Waals surface area contributed by atoms with Gasteiger partial charge in [-0.1, -0.05) is 36.4 Å². The third-order valence-electron chi connectivity index (χ3n) is 3.50. The molecule has 0 amide bonds. The van der Waals surface area contributed by atoms with E-state index < -0.39 is 12.2 Å². The third kappa shape index (κ3) is 2.35. The van der Waals surface area contributed by atoms with Crippen molar-refractivity contribution >= 4 is 0 Å². The maximum absolute atomic E-state index is 10.3. The summed E-state index contributed by atoms with van der Waals surface area (Å²) in [5.41, 5.74) is 2.53. The van der Waals surface area contributed by atoms with E-state index in [4.69, 9.17) is 4.74 Å². The number of hydrogen-bond donors (Lipinski definition) is 2. The van der Waals surface area contributed by atoms with Crippen molar-refractivity contribution in [2.24, 2.45) is 0 Å². The van der Waals surface area contributed by atoms with Crippen molar-refractivity contribution in [3.05, 3.63) is 65.2 Å². The zero-order chi connectivity index (χ0) is 13.2. The highest BCUT2D eigenvalue weighted by atomic mass is 16.5.